The molecule has 0 bridgehead atoms. The molecule has 15 aromatic carbocycles. The summed E-state index contributed by atoms with van der Waals surface area (Å²) in [6.07, 6.45) is 0. The molecule has 0 unspecified atom stereocenters. The van der Waals surface area contributed by atoms with Crippen LogP contribution in [0.5, 0.6) is 46.0 Å². The predicted molar refractivity (Wildman–Crippen MR) is 420 cm³/mol. The molecule has 0 spiro atoms. The van der Waals surface area contributed by atoms with E-state index in [1.165, 1.54) is 0 Å². The van der Waals surface area contributed by atoms with Crippen LogP contribution in [0.3, 0.4) is 0 Å². The van der Waals surface area contributed by atoms with Crippen molar-refractivity contribution in [3.8, 4) is 46.0 Å². The average molecular weight is 1310 g/mol. The molecule has 12 heteroatoms. The largest absolute Gasteiger partial charge is 0.459 e. The summed E-state index contributed by atoms with van der Waals surface area (Å²) in [4.78, 5) is 11.9. The van der Waals surface area contributed by atoms with Crippen LogP contribution in [0.2, 0.25) is 0 Å². The second kappa shape index (κ2) is 23.2. The number of anilines is 15. The van der Waals surface area contributed by atoms with Gasteiger partial charge in [-0.1, -0.05) is 194 Å². The summed E-state index contributed by atoms with van der Waals surface area (Å²) in [5.74, 6) is 6.07. The van der Waals surface area contributed by atoms with Gasteiger partial charge < -0.3 is 43.4 Å². The summed E-state index contributed by atoms with van der Waals surface area (Å²) in [6, 6.07) is 125. The van der Waals surface area contributed by atoms with Crippen LogP contribution in [0.15, 0.2) is 352 Å². The molecular formula is C90H58B3N5O4. The van der Waals surface area contributed by atoms with Gasteiger partial charge in [0.05, 0.1) is 5.69 Å². The minimum absolute atomic E-state index is 0.281. The first-order chi connectivity index (χ1) is 50.6. The van der Waals surface area contributed by atoms with Gasteiger partial charge in [0.25, 0.3) is 20.1 Å². The highest BCUT2D eigenvalue weighted by Crippen LogP contribution is 2.53. The van der Waals surface area contributed by atoms with Crippen LogP contribution in [0.1, 0.15) is 0 Å². The van der Waals surface area contributed by atoms with E-state index in [-0.39, 0.29) is 13.4 Å². The Labute approximate surface area is 592 Å². The smallest absolute Gasteiger partial charge is 0.261 e. The highest BCUT2D eigenvalue weighted by atomic mass is 16.5. The normalized spacial score (nSPS) is 13.1. The van der Waals surface area contributed by atoms with Crippen LogP contribution >= 0.6 is 0 Å². The van der Waals surface area contributed by atoms with Crippen LogP contribution < -0.4 is 92.6 Å². The van der Waals surface area contributed by atoms with Gasteiger partial charge in [0.1, 0.15) is 46.0 Å². The minimum atomic E-state index is -0.531. The first-order valence-corrected chi connectivity index (χ1v) is 34.8. The minimum Gasteiger partial charge on any atom is -0.459 e. The molecule has 9 nitrogen and oxygen atoms in total. The fraction of sp³-hybridized carbons (Fsp3) is 0. The van der Waals surface area contributed by atoms with Gasteiger partial charge in [0, 0.05) is 115 Å². The molecule has 0 saturated heterocycles. The Balaban J connectivity index is 0.859. The number of ether oxygens (including phenoxy) is 4. The van der Waals surface area contributed by atoms with Crippen molar-refractivity contribution in [1.82, 2.24) is 0 Å². The number of hydrogen-bond donors (Lipinski definition) is 0. The van der Waals surface area contributed by atoms with Crippen LogP contribution in [0, 0.1) is 0 Å². The molecule has 6 heterocycles. The lowest BCUT2D eigenvalue weighted by molar-refractivity contribution is 0.466. The second-order valence-electron chi connectivity index (χ2n) is 26.6. The summed E-state index contributed by atoms with van der Waals surface area (Å²) in [5, 5.41) is 0. The molecule has 0 amide bonds. The maximum Gasteiger partial charge on any atom is 0.261 e. The topological polar surface area (TPSA) is 53.1 Å². The van der Waals surface area contributed by atoms with Crippen molar-refractivity contribution in [1.29, 1.82) is 0 Å². The standard InChI is InChI=1S/C90H58B3N5O4/c1-9-29-59(30-10-1)94(60-31-11-2-12-32-60)67-49-51-72-80(55-67)99-82-57-76-85(89-87(82)91(72)70-45-25-27-47-78(70)101-89)93-84-74(97(76)65-41-21-7-22-42-65)53-69(96(63-37-17-5-18-38-63)64-39-19-6-20-40-64)54-75(84)98(66-43-23-8-24-44-66)77-58-83-88-90(86(77)93)102-79-48-28-26-46-71(79)92(88)73-52-50-68(56-81(73)100-83)95(61-33-13-3-14-34-61)62-35-15-4-16-36-62/h1-58H. The number of hydrogen-bond acceptors (Lipinski definition) is 9. The molecule has 0 aromatic heterocycles. The number of benzene rings is 15. The molecule has 0 radical (unpaired) electrons. The molecule has 15 aromatic rings. The monoisotopic (exact) mass is 1310 g/mol. The number of nitrogens with zero attached hydrogens (tertiary/aromatic N) is 5. The first-order valence-electron chi connectivity index (χ1n) is 34.8. The lowest BCUT2D eigenvalue weighted by atomic mass is 9.28. The van der Waals surface area contributed by atoms with Crippen molar-refractivity contribution in [3.63, 3.8) is 0 Å². The summed E-state index contributed by atoms with van der Waals surface area (Å²) < 4.78 is 31.0. The van der Waals surface area contributed by atoms with Crippen molar-refractivity contribution in [2.24, 2.45) is 0 Å². The van der Waals surface area contributed by atoms with E-state index < -0.39 is 6.71 Å². The van der Waals surface area contributed by atoms with Gasteiger partial charge in [-0.2, -0.15) is 0 Å². The summed E-state index contributed by atoms with van der Waals surface area (Å²) in [6.45, 7) is -1.09. The molecule has 0 aliphatic carbocycles. The average Bonchev–Trinajstić information content (AvgIpc) is 0.672. The van der Waals surface area contributed by atoms with E-state index in [0.29, 0.717) is 0 Å². The van der Waals surface area contributed by atoms with Gasteiger partial charge in [-0.15, -0.1) is 0 Å². The van der Waals surface area contributed by atoms with E-state index in [4.69, 9.17) is 18.9 Å². The van der Waals surface area contributed by atoms with E-state index in [9.17, 15) is 0 Å². The van der Waals surface area contributed by atoms with E-state index in [0.717, 1.165) is 180 Å². The predicted octanol–water partition coefficient (Wildman–Crippen LogP) is 17.6. The van der Waals surface area contributed by atoms with E-state index in [1.54, 1.807) is 0 Å². The molecule has 0 N–H and O–H groups in total. The number of para-hydroxylation sites is 10. The van der Waals surface area contributed by atoms with Crippen LogP contribution in [-0.4, -0.2) is 20.1 Å². The van der Waals surface area contributed by atoms with Crippen LogP contribution in [0.25, 0.3) is 0 Å². The van der Waals surface area contributed by atoms with Crippen LogP contribution in [0.4, 0.5) is 85.3 Å². The van der Waals surface area contributed by atoms with Crippen molar-refractivity contribution in [2.75, 3.05) is 24.5 Å². The fourth-order valence-corrected chi connectivity index (χ4v) is 16.8. The van der Waals surface area contributed by atoms with Gasteiger partial charge in [-0.05, 0) is 172 Å². The van der Waals surface area contributed by atoms with Gasteiger partial charge in [0.2, 0.25) is 0 Å². The SMILES string of the molecule is c1ccc(N(c2ccccc2)c2ccc3c(c2)Oc2cc4c(c5c2B3c2ccccc2O5)B2c3c(cc(N(c5ccccc5)c5ccccc5)cc3N(c3ccccc3)c3cc5c6c(c32)Oc2ccccc2B6c2ccc(N(c3ccccc3)c3ccccc3)cc2O5)N4c2ccccc2)cc1. The van der Waals surface area contributed by atoms with Gasteiger partial charge in [-0.25, -0.2) is 0 Å². The molecule has 476 valence electrons. The number of rotatable bonds is 11. The molecule has 21 rings (SSSR count). The van der Waals surface area contributed by atoms with E-state index >= 15 is 0 Å². The third-order valence-corrected chi connectivity index (χ3v) is 21.0. The third-order valence-electron chi connectivity index (χ3n) is 21.0. The Morgan fingerprint density at radius 3 is 0.843 bits per heavy atom. The molecule has 0 fully saturated rings. The van der Waals surface area contributed by atoms with Crippen molar-refractivity contribution in [3.05, 3.63) is 352 Å². The molecule has 6 aliphatic rings. The van der Waals surface area contributed by atoms with E-state index in [2.05, 4.69) is 376 Å². The Morgan fingerprint density at radius 1 is 0.196 bits per heavy atom. The van der Waals surface area contributed by atoms with Gasteiger partial charge >= 0.3 is 0 Å². The van der Waals surface area contributed by atoms with Gasteiger partial charge in [0.15, 0.2) is 0 Å². The summed E-state index contributed by atoms with van der Waals surface area (Å²) >= 11 is 0. The molecule has 6 aliphatic heterocycles. The third kappa shape index (κ3) is 8.95. The van der Waals surface area contributed by atoms with Crippen molar-refractivity contribution in [2.45, 2.75) is 0 Å². The lowest BCUT2D eigenvalue weighted by Crippen LogP contribution is -2.66. The zero-order chi connectivity index (χ0) is 66.9. The van der Waals surface area contributed by atoms with E-state index in [1.807, 2.05) is 0 Å². The molecule has 0 saturated carbocycles. The van der Waals surface area contributed by atoms with Crippen molar-refractivity contribution < 1.29 is 18.9 Å². The Bertz CT molecular complexity index is 5400. The zero-order valence-corrected chi connectivity index (χ0v) is 55.1. The Morgan fingerprint density at radius 2 is 0.490 bits per heavy atom. The maximum atomic E-state index is 7.83. The van der Waals surface area contributed by atoms with Gasteiger partial charge in [-0.3, -0.25) is 0 Å². The Kier molecular flexibility index (Phi) is 13.1. The highest BCUT2D eigenvalue weighted by molar-refractivity contribution is 7.05. The molecule has 0 atom stereocenters. The summed E-state index contributed by atoms with van der Waals surface area (Å²) in [7, 11) is 0. The van der Waals surface area contributed by atoms with Crippen molar-refractivity contribution >= 4 is 155 Å². The fourth-order valence-electron chi connectivity index (χ4n) is 16.8. The molecular weight excluding hydrogens is 1250 g/mol. The molecule has 102 heavy (non-hydrogen) atoms. The second-order valence-corrected chi connectivity index (χ2v) is 26.6. The lowest BCUT2D eigenvalue weighted by Gasteiger charge is -2.47. The first kappa shape index (κ1) is 57.7. The maximum absolute atomic E-state index is 7.83. The quantitative estimate of drug-likeness (QED) is 0.118. The Hall–Kier alpha value is -13.3. The zero-order valence-electron chi connectivity index (χ0n) is 55.1. The van der Waals surface area contributed by atoms with Crippen LogP contribution in [-0.2, 0) is 0 Å². The highest BCUT2D eigenvalue weighted by Gasteiger charge is 2.54. The number of fused-ring (bicyclic) bond motifs is 14. The summed E-state index contributed by atoms with van der Waals surface area (Å²) in [5.41, 5.74) is 24.1.